The first-order chi connectivity index (χ1) is 15.8. The zero-order valence-corrected chi connectivity index (χ0v) is 20.2. The highest BCUT2D eigenvalue weighted by Crippen LogP contribution is 2.26. The zero-order chi connectivity index (χ0) is 23.7. The van der Waals surface area contributed by atoms with Crippen molar-refractivity contribution in [3.63, 3.8) is 0 Å². The summed E-state index contributed by atoms with van der Waals surface area (Å²) in [6.45, 7) is 5.82. The van der Waals surface area contributed by atoms with Gasteiger partial charge in [0.05, 0.1) is 29.8 Å². The van der Waals surface area contributed by atoms with Crippen LogP contribution in [0.15, 0.2) is 67.3 Å². The number of fused-ring (bicyclic) bond motifs is 1. The van der Waals surface area contributed by atoms with Crippen molar-refractivity contribution in [2.45, 2.75) is 26.7 Å². The van der Waals surface area contributed by atoms with Crippen LogP contribution in [0.3, 0.4) is 0 Å². The molecule has 0 aliphatic rings. The predicted molar refractivity (Wildman–Crippen MR) is 131 cm³/mol. The Balaban J connectivity index is 1.70. The molecule has 33 heavy (non-hydrogen) atoms. The normalized spacial score (nSPS) is 11.6. The van der Waals surface area contributed by atoms with E-state index >= 15 is 0 Å². The number of aromatic nitrogens is 2. The Morgan fingerprint density at radius 3 is 2.67 bits per heavy atom. The molecule has 0 N–H and O–H groups in total. The molecule has 0 unspecified atom stereocenters. The van der Waals surface area contributed by atoms with Gasteiger partial charge in [-0.2, -0.15) is 9.78 Å². The van der Waals surface area contributed by atoms with Gasteiger partial charge in [-0.1, -0.05) is 35.8 Å². The quantitative estimate of drug-likeness (QED) is 0.262. The minimum absolute atomic E-state index is 0.00830. The Morgan fingerprint density at radius 2 is 1.97 bits per heavy atom. The monoisotopic (exact) mass is 507 g/mol. The van der Waals surface area contributed by atoms with E-state index in [1.165, 1.54) is 18.0 Å². The molecule has 2 aromatic heterocycles. The number of furan rings is 1. The standard InChI is InChI=1S/C25H22BrN3O4/c1-14(2)23-28-21-9-6-17(26)12-20(21)24(30)29(23)27-13-18-7-10-22(33-18)19-8-5-16(11-15(19)3)25(31)32-4/h5-14H,1-4H3. The zero-order valence-electron chi connectivity index (χ0n) is 18.6. The maximum atomic E-state index is 13.1. The first-order valence-corrected chi connectivity index (χ1v) is 11.1. The summed E-state index contributed by atoms with van der Waals surface area (Å²) in [5.41, 5.74) is 2.58. The molecule has 0 aliphatic heterocycles. The largest absolute Gasteiger partial charge is 0.465 e. The Morgan fingerprint density at radius 1 is 1.18 bits per heavy atom. The van der Waals surface area contributed by atoms with Crippen LogP contribution in [0.25, 0.3) is 22.2 Å². The SMILES string of the molecule is COC(=O)c1ccc(-c2ccc(C=Nn3c(C(C)C)nc4ccc(Br)cc4c3=O)o2)c(C)c1. The highest BCUT2D eigenvalue weighted by atomic mass is 79.9. The van der Waals surface area contributed by atoms with Gasteiger partial charge in [0.15, 0.2) is 0 Å². The van der Waals surface area contributed by atoms with E-state index in [0.717, 1.165) is 15.6 Å². The lowest BCUT2D eigenvalue weighted by Crippen LogP contribution is -2.23. The lowest BCUT2D eigenvalue weighted by molar-refractivity contribution is 0.0600. The fraction of sp³-hybridized carbons (Fsp3) is 0.200. The molecule has 0 bridgehead atoms. The predicted octanol–water partition coefficient (Wildman–Crippen LogP) is 5.52. The fourth-order valence-corrected chi connectivity index (χ4v) is 3.88. The first-order valence-electron chi connectivity index (χ1n) is 10.3. The van der Waals surface area contributed by atoms with Crippen molar-refractivity contribution in [1.29, 1.82) is 0 Å². The van der Waals surface area contributed by atoms with Gasteiger partial charge in [0, 0.05) is 16.0 Å². The van der Waals surface area contributed by atoms with Crippen LogP contribution in [-0.4, -0.2) is 29.0 Å². The van der Waals surface area contributed by atoms with Crippen molar-refractivity contribution >= 4 is 39.0 Å². The van der Waals surface area contributed by atoms with E-state index in [1.807, 2.05) is 45.0 Å². The molecule has 4 aromatic rings. The van der Waals surface area contributed by atoms with Crippen LogP contribution in [0.2, 0.25) is 0 Å². The Kier molecular flexibility index (Phi) is 6.29. The van der Waals surface area contributed by atoms with Gasteiger partial charge in [-0.05, 0) is 55.0 Å². The van der Waals surface area contributed by atoms with Crippen LogP contribution in [0.1, 0.15) is 47.3 Å². The molecule has 168 valence electrons. The molecule has 0 fully saturated rings. The molecule has 0 saturated carbocycles. The van der Waals surface area contributed by atoms with E-state index in [-0.39, 0.29) is 17.4 Å². The Labute approximate surface area is 198 Å². The van der Waals surface area contributed by atoms with Crippen molar-refractivity contribution in [3.8, 4) is 11.3 Å². The summed E-state index contributed by atoms with van der Waals surface area (Å²) in [4.78, 5) is 29.5. The van der Waals surface area contributed by atoms with Crippen molar-refractivity contribution in [2.24, 2.45) is 5.10 Å². The number of aryl methyl sites for hydroxylation is 1. The maximum absolute atomic E-state index is 13.1. The lowest BCUT2D eigenvalue weighted by Gasteiger charge is -2.11. The molecule has 7 nitrogen and oxygen atoms in total. The topological polar surface area (TPSA) is 86.7 Å². The van der Waals surface area contributed by atoms with Crippen LogP contribution >= 0.6 is 15.9 Å². The van der Waals surface area contributed by atoms with Crippen LogP contribution in [0.5, 0.6) is 0 Å². The lowest BCUT2D eigenvalue weighted by atomic mass is 10.0. The number of carbonyl (C=O) groups is 1. The second-order valence-corrected chi connectivity index (χ2v) is 8.79. The molecule has 2 aromatic carbocycles. The Bertz CT molecular complexity index is 1450. The number of benzene rings is 2. The molecule has 8 heteroatoms. The van der Waals surface area contributed by atoms with E-state index in [1.54, 1.807) is 24.3 Å². The van der Waals surface area contributed by atoms with Crippen molar-refractivity contribution < 1.29 is 13.9 Å². The second-order valence-electron chi connectivity index (χ2n) is 7.87. The van der Waals surface area contributed by atoms with Gasteiger partial charge in [0.1, 0.15) is 17.3 Å². The molecule has 0 aliphatic carbocycles. The first kappa shape index (κ1) is 22.7. The smallest absolute Gasteiger partial charge is 0.337 e. The van der Waals surface area contributed by atoms with E-state index in [0.29, 0.717) is 33.8 Å². The molecule has 0 spiro atoms. The maximum Gasteiger partial charge on any atom is 0.337 e. The number of ether oxygens (including phenoxy) is 1. The summed E-state index contributed by atoms with van der Waals surface area (Å²) in [5, 5.41) is 4.88. The number of hydrogen-bond acceptors (Lipinski definition) is 6. The minimum Gasteiger partial charge on any atom is -0.465 e. The van der Waals surface area contributed by atoms with Gasteiger partial charge in [0.2, 0.25) is 0 Å². The van der Waals surface area contributed by atoms with E-state index in [4.69, 9.17) is 9.15 Å². The van der Waals surface area contributed by atoms with Crippen LogP contribution in [0, 0.1) is 6.92 Å². The number of esters is 1. The van der Waals surface area contributed by atoms with Crippen LogP contribution in [-0.2, 0) is 4.74 Å². The van der Waals surface area contributed by atoms with Gasteiger partial charge in [-0.3, -0.25) is 4.79 Å². The number of methoxy groups -OCH3 is 1. The Hall–Kier alpha value is -3.52. The average Bonchev–Trinajstić information content (AvgIpc) is 3.26. The van der Waals surface area contributed by atoms with Crippen molar-refractivity contribution in [3.05, 3.63) is 86.1 Å². The molecule has 2 heterocycles. The molecule has 0 amide bonds. The van der Waals surface area contributed by atoms with Crippen molar-refractivity contribution in [1.82, 2.24) is 9.66 Å². The number of halogens is 1. The summed E-state index contributed by atoms with van der Waals surface area (Å²) in [6.07, 6.45) is 1.50. The van der Waals surface area contributed by atoms with Gasteiger partial charge in [-0.25, -0.2) is 9.78 Å². The molecule has 0 radical (unpaired) electrons. The molecular weight excluding hydrogens is 486 g/mol. The van der Waals surface area contributed by atoms with E-state index in [2.05, 4.69) is 26.0 Å². The number of rotatable bonds is 5. The summed E-state index contributed by atoms with van der Waals surface area (Å²) in [6, 6.07) is 14.3. The molecule has 4 rings (SSSR count). The highest BCUT2D eigenvalue weighted by molar-refractivity contribution is 9.10. The third-order valence-electron chi connectivity index (χ3n) is 5.19. The highest BCUT2D eigenvalue weighted by Gasteiger charge is 2.15. The molecule has 0 atom stereocenters. The molecular formula is C25H22BrN3O4. The van der Waals surface area contributed by atoms with Crippen molar-refractivity contribution in [2.75, 3.05) is 7.11 Å². The van der Waals surface area contributed by atoms with Gasteiger partial charge >= 0.3 is 5.97 Å². The summed E-state index contributed by atoms with van der Waals surface area (Å²) in [7, 11) is 1.35. The third-order valence-corrected chi connectivity index (χ3v) is 5.68. The second kappa shape index (κ2) is 9.15. The average molecular weight is 508 g/mol. The number of carbonyl (C=O) groups excluding carboxylic acids is 1. The van der Waals surface area contributed by atoms with E-state index in [9.17, 15) is 9.59 Å². The van der Waals surface area contributed by atoms with Crippen LogP contribution in [0.4, 0.5) is 0 Å². The number of nitrogens with zero attached hydrogens (tertiary/aromatic N) is 3. The van der Waals surface area contributed by atoms with Gasteiger partial charge < -0.3 is 9.15 Å². The van der Waals surface area contributed by atoms with Gasteiger partial charge in [-0.15, -0.1) is 0 Å². The minimum atomic E-state index is -0.389. The third kappa shape index (κ3) is 4.52. The van der Waals surface area contributed by atoms with Gasteiger partial charge in [0.25, 0.3) is 5.56 Å². The fourth-order valence-electron chi connectivity index (χ4n) is 3.52. The summed E-state index contributed by atoms with van der Waals surface area (Å²) in [5.74, 6) is 1.28. The van der Waals surface area contributed by atoms with E-state index < -0.39 is 0 Å². The molecule has 0 saturated heterocycles. The number of hydrogen-bond donors (Lipinski definition) is 0. The van der Waals surface area contributed by atoms with Crippen LogP contribution < -0.4 is 5.56 Å². The summed E-state index contributed by atoms with van der Waals surface area (Å²) >= 11 is 3.41. The summed E-state index contributed by atoms with van der Waals surface area (Å²) < 4.78 is 12.8.